The molecule has 0 nitrogen and oxygen atoms in total. The van der Waals surface area contributed by atoms with Gasteiger partial charge in [0.25, 0.3) is 0 Å². The summed E-state index contributed by atoms with van der Waals surface area (Å²) in [6.45, 7) is 0. The van der Waals surface area contributed by atoms with E-state index in [0.717, 1.165) is 34.2 Å². The Morgan fingerprint density at radius 1 is 0.933 bits per heavy atom. The fourth-order valence-corrected chi connectivity index (χ4v) is 1.79. The molecular formula is C15H8. The van der Waals surface area contributed by atoms with Crippen molar-refractivity contribution in [1.29, 1.82) is 0 Å². The van der Waals surface area contributed by atoms with E-state index in [4.69, 9.17) is 19.3 Å². The van der Waals surface area contributed by atoms with Gasteiger partial charge in [0.1, 0.15) is 0 Å². The number of rotatable bonds is 0. The third-order valence-electron chi connectivity index (χ3n) is 2.54. The summed E-state index contributed by atoms with van der Waals surface area (Å²) < 4.78 is 0. The van der Waals surface area contributed by atoms with Gasteiger partial charge in [0.15, 0.2) is 0 Å². The summed E-state index contributed by atoms with van der Waals surface area (Å²) in [4.78, 5) is 0. The summed E-state index contributed by atoms with van der Waals surface area (Å²) in [6, 6.07) is 3.74. The molecule has 1 aliphatic carbocycles. The molecule has 0 heteroatoms. The van der Waals surface area contributed by atoms with Gasteiger partial charge in [-0.1, -0.05) is 17.8 Å². The third kappa shape index (κ3) is 1.32. The Morgan fingerprint density at radius 2 is 1.60 bits per heavy atom. The van der Waals surface area contributed by atoms with Crippen molar-refractivity contribution in [3.8, 4) is 37.0 Å². The second-order valence-corrected chi connectivity index (χ2v) is 3.33. The number of hydrogen-bond donors (Lipinski definition) is 0. The van der Waals surface area contributed by atoms with Gasteiger partial charge in [-0.3, -0.25) is 0 Å². The van der Waals surface area contributed by atoms with Crippen LogP contribution in [0.25, 0.3) is 6.08 Å². The minimum absolute atomic E-state index is 0.723. The maximum absolute atomic E-state index is 5.42. The SMILES string of the molecule is C#CC1=Cc2c(C#C)ccc(C#C)c2C1. The molecule has 0 radical (unpaired) electrons. The normalized spacial score (nSPS) is 11.9. The molecule has 0 atom stereocenters. The standard InChI is InChI=1S/C15H8/c1-4-11-9-14-12(5-2)7-8-13(6-3)15(14)10-11/h1-3,7-9H,10H2. The van der Waals surface area contributed by atoms with E-state index in [2.05, 4.69) is 17.8 Å². The number of terminal acetylenes is 3. The zero-order valence-electron chi connectivity index (χ0n) is 8.17. The Labute approximate surface area is 90.0 Å². The predicted molar refractivity (Wildman–Crippen MR) is 62.8 cm³/mol. The van der Waals surface area contributed by atoms with Crippen LogP contribution in [0.3, 0.4) is 0 Å². The average Bonchev–Trinajstić information content (AvgIpc) is 2.71. The van der Waals surface area contributed by atoms with Crippen LogP contribution in [0.2, 0.25) is 0 Å². The van der Waals surface area contributed by atoms with Crippen LogP contribution in [0.1, 0.15) is 22.3 Å². The molecule has 1 aromatic carbocycles. The lowest BCUT2D eigenvalue weighted by molar-refractivity contribution is 1.24. The van der Waals surface area contributed by atoms with Crippen molar-refractivity contribution in [3.63, 3.8) is 0 Å². The quantitative estimate of drug-likeness (QED) is 0.548. The van der Waals surface area contributed by atoms with Crippen molar-refractivity contribution in [1.82, 2.24) is 0 Å². The summed E-state index contributed by atoms with van der Waals surface area (Å²) in [5.41, 5.74) is 4.77. The number of benzene rings is 1. The zero-order valence-corrected chi connectivity index (χ0v) is 8.17. The molecule has 15 heavy (non-hydrogen) atoms. The molecule has 0 N–H and O–H groups in total. The molecule has 0 aliphatic heterocycles. The summed E-state index contributed by atoms with van der Waals surface area (Å²) in [5.74, 6) is 7.93. The molecule has 0 fully saturated rings. The van der Waals surface area contributed by atoms with Gasteiger partial charge in [-0.25, -0.2) is 0 Å². The Bertz CT molecular complexity index is 578. The van der Waals surface area contributed by atoms with E-state index in [-0.39, 0.29) is 0 Å². The highest BCUT2D eigenvalue weighted by atomic mass is 14.2. The molecule has 0 saturated heterocycles. The van der Waals surface area contributed by atoms with Crippen molar-refractivity contribution >= 4 is 6.08 Å². The summed E-state index contributed by atoms with van der Waals surface area (Å²) >= 11 is 0. The minimum atomic E-state index is 0.723. The molecular weight excluding hydrogens is 180 g/mol. The molecule has 1 aliphatic rings. The zero-order chi connectivity index (χ0) is 10.8. The largest absolute Gasteiger partial charge is 0.115 e. The van der Waals surface area contributed by atoms with Gasteiger partial charge in [-0.05, 0) is 29.3 Å². The Kier molecular flexibility index (Phi) is 2.10. The highest BCUT2D eigenvalue weighted by molar-refractivity contribution is 5.75. The van der Waals surface area contributed by atoms with Crippen LogP contribution in [-0.2, 0) is 6.42 Å². The molecule has 0 spiro atoms. The molecule has 1 aromatic rings. The van der Waals surface area contributed by atoms with Gasteiger partial charge in [0.05, 0.1) is 0 Å². The Morgan fingerprint density at radius 3 is 2.20 bits per heavy atom. The summed E-state index contributed by atoms with van der Waals surface area (Å²) in [7, 11) is 0. The number of allylic oxidation sites excluding steroid dienone is 1. The minimum Gasteiger partial charge on any atom is -0.115 e. The van der Waals surface area contributed by atoms with Crippen LogP contribution in [0, 0.1) is 37.0 Å². The molecule has 0 heterocycles. The molecule has 2 rings (SSSR count). The first kappa shape index (κ1) is 9.21. The highest BCUT2D eigenvalue weighted by Gasteiger charge is 2.16. The van der Waals surface area contributed by atoms with Gasteiger partial charge in [0, 0.05) is 23.1 Å². The van der Waals surface area contributed by atoms with E-state index in [1.165, 1.54) is 0 Å². The first-order valence-electron chi connectivity index (χ1n) is 4.56. The van der Waals surface area contributed by atoms with Crippen molar-refractivity contribution < 1.29 is 0 Å². The molecule has 68 valence electrons. The second kappa shape index (κ2) is 3.42. The highest BCUT2D eigenvalue weighted by Crippen LogP contribution is 2.29. The molecule has 0 amide bonds. The van der Waals surface area contributed by atoms with Crippen LogP contribution in [-0.4, -0.2) is 0 Å². The number of hydrogen-bond acceptors (Lipinski definition) is 0. The van der Waals surface area contributed by atoms with Gasteiger partial charge in [-0.15, -0.1) is 19.3 Å². The van der Waals surface area contributed by atoms with Crippen molar-refractivity contribution in [2.75, 3.05) is 0 Å². The van der Waals surface area contributed by atoms with E-state index in [1.807, 2.05) is 18.2 Å². The Balaban J connectivity index is 2.70. The molecule has 0 saturated carbocycles. The van der Waals surface area contributed by atoms with Crippen LogP contribution in [0.5, 0.6) is 0 Å². The van der Waals surface area contributed by atoms with Crippen LogP contribution >= 0.6 is 0 Å². The molecule has 0 bridgehead atoms. The van der Waals surface area contributed by atoms with Crippen LogP contribution in [0.15, 0.2) is 17.7 Å². The lowest BCUT2D eigenvalue weighted by Gasteiger charge is -2.04. The predicted octanol–water partition coefficient (Wildman–Crippen LogP) is 2.22. The maximum atomic E-state index is 5.42. The average molecular weight is 188 g/mol. The van der Waals surface area contributed by atoms with Gasteiger partial charge in [0.2, 0.25) is 0 Å². The smallest absolute Gasteiger partial charge is 0.0319 e. The first-order valence-corrected chi connectivity index (χ1v) is 4.56. The van der Waals surface area contributed by atoms with Crippen molar-refractivity contribution in [2.45, 2.75) is 6.42 Å². The Hall–Kier alpha value is -2.36. The van der Waals surface area contributed by atoms with E-state index >= 15 is 0 Å². The van der Waals surface area contributed by atoms with E-state index in [9.17, 15) is 0 Å². The fraction of sp³-hybridized carbons (Fsp3) is 0.0667. The van der Waals surface area contributed by atoms with Crippen LogP contribution in [0.4, 0.5) is 0 Å². The molecule has 0 unspecified atom stereocenters. The monoisotopic (exact) mass is 188 g/mol. The summed E-state index contributed by atoms with van der Waals surface area (Å²) in [6.07, 6.45) is 18.9. The lowest BCUT2D eigenvalue weighted by atomic mass is 9.98. The lowest BCUT2D eigenvalue weighted by Crippen LogP contribution is -1.92. The molecule has 0 aromatic heterocycles. The van der Waals surface area contributed by atoms with E-state index in [1.54, 1.807) is 0 Å². The topological polar surface area (TPSA) is 0 Å². The van der Waals surface area contributed by atoms with Crippen LogP contribution < -0.4 is 0 Å². The third-order valence-corrected chi connectivity index (χ3v) is 2.54. The van der Waals surface area contributed by atoms with Gasteiger partial charge >= 0.3 is 0 Å². The first-order chi connectivity index (χ1) is 7.30. The second-order valence-electron chi connectivity index (χ2n) is 3.33. The van der Waals surface area contributed by atoms with Gasteiger partial charge < -0.3 is 0 Å². The number of fused-ring (bicyclic) bond motifs is 1. The van der Waals surface area contributed by atoms with Crippen molar-refractivity contribution in [2.24, 2.45) is 0 Å². The maximum Gasteiger partial charge on any atom is 0.0319 e. The van der Waals surface area contributed by atoms with E-state index in [0.29, 0.717) is 0 Å². The van der Waals surface area contributed by atoms with E-state index < -0.39 is 0 Å². The summed E-state index contributed by atoms with van der Waals surface area (Å²) in [5, 5.41) is 0. The van der Waals surface area contributed by atoms with Gasteiger partial charge in [-0.2, -0.15) is 0 Å². The fourth-order valence-electron chi connectivity index (χ4n) is 1.79. The van der Waals surface area contributed by atoms with Crippen molar-refractivity contribution in [3.05, 3.63) is 40.0 Å².